The fraction of sp³-hybridized carbons (Fsp3) is 0.455. The molecule has 88 valence electrons. The Morgan fingerprint density at radius 3 is 2.81 bits per heavy atom. The number of rotatable bonds is 2. The van der Waals surface area contributed by atoms with E-state index in [1.165, 1.54) is 0 Å². The lowest BCUT2D eigenvalue weighted by Crippen LogP contribution is -2.13. The molecule has 1 aromatic rings. The molecule has 0 bridgehead atoms. The van der Waals surface area contributed by atoms with Crippen molar-refractivity contribution < 1.29 is 14.6 Å². The van der Waals surface area contributed by atoms with Gasteiger partial charge in [0.15, 0.2) is 0 Å². The molecule has 0 aromatic heterocycles. The maximum atomic E-state index is 10.0. The summed E-state index contributed by atoms with van der Waals surface area (Å²) in [6.07, 6.45) is -0.491. The van der Waals surface area contributed by atoms with Crippen LogP contribution in [0, 0.1) is 0 Å². The van der Waals surface area contributed by atoms with Crippen LogP contribution >= 0.6 is 27.7 Å². The second-order valence-corrected chi connectivity index (χ2v) is 5.40. The van der Waals surface area contributed by atoms with Crippen LogP contribution in [0.25, 0.3) is 0 Å². The van der Waals surface area contributed by atoms with Crippen LogP contribution in [0.15, 0.2) is 10.5 Å². The SMILES string of the molecule is COc1cc(Br)c(OC)c2c1CSC[C@H]2O. The van der Waals surface area contributed by atoms with Gasteiger partial charge in [-0.05, 0) is 22.0 Å². The van der Waals surface area contributed by atoms with Crippen molar-refractivity contribution in [1.29, 1.82) is 0 Å². The van der Waals surface area contributed by atoms with Gasteiger partial charge in [0.1, 0.15) is 11.5 Å². The molecule has 1 aromatic carbocycles. The highest BCUT2D eigenvalue weighted by molar-refractivity contribution is 9.10. The van der Waals surface area contributed by atoms with E-state index in [0.29, 0.717) is 11.5 Å². The molecule has 1 aliphatic rings. The van der Waals surface area contributed by atoms with Crippen LogP contribution in [-0.4, -0.2) is 25.1 Å². The van der Waals surface area contributed by atoms with E-state index in [2.05, 4.69) is 15.9 Å². The van der Waals surface area contributed by atoms with Gasteiger partial charge >= 0.3 is 0 Å². The van der Waals surface area contributed by atoms with Crippen molar-refractivity contribution in [2.24, 2.45) is 0 Å². The van der Waals surface area contributed by atoms with Crippen LogP contribution < -0.4 is 9.47 Å². The topological polar surface area (TPSA) is 38.7 Å². The molecule has 1 aliphatic heterocycles. The zero-order chi connectivity index (χ0) is 11.7. The van der Waals surface area contributed by atoms with Crippen LogP contribution in [0.4, 0.5) is 0 Å². The van der Waals surface area contributed by atoms with E-state index in [4.69, 9.17) is 9.47 Å². The molecule has 0 spiro atoms. The lowest BCUT2D eigenvalue weighted by molar-refractivity contribution is 0.195. The van der Waals surface area contributed by atoms with Crippen molar-refractivity contribution in [2.75, 3.05) is 20.0 Å². The van der Waals surface area contributed by atoms with E-state index >= 15 is 0 Å². The highest BCUT2D eigenvalue weighted by atomic mass is 79.9. The van der Waals surface area contributed by atoms with Crippen molar-refractivity contribution in [1.82, 2.24) is 0 Å². The molecule has 2 rings (SSSR count). The van der Waals surface area contributed by atoms with Crippen LogP contribution in [0.3, 0.4) is 0 Å². The lowest BCUT2D eigenvalue weighted by Gasteiger charge is -2.25. The first-order chi connectivity index (χ1) is 7.69. The first kappa shape index (κ1) is 12.1. The molecule has 16 heavy (non-hydrogen) atoms. The van der Waals surface area contributed by atoms with Crippen molar-refractivity contribution in [3.63, 3.8) is 0 Å². The summed E-state index contributed by atoms with van der Waals surface area (Å²) in [5, 5.41) is 10.0. The van der Waals surface area contributed by atoms with Gasteiger partial charge in [-0.1, -0.05) is 0 Å². The van der Waals surface area contributed by atoms with Gasteiger partial charge in [-0.15, -0.1) is 0 Å². The fourth-order valence-corrected chi connectivity index (χ4v) is 3.51. The van der Waals surface area contributed by atoms with E-state index in [9.17, 15) is 5.11 Å². The first-order valence-corrected chi connectivity index (χ1v) is 6.82. The summed E-state index contributed by atoms with van der Waals surface area (Å²) in [4.78, 5) is 0. The standard InChI is InChI=1S/C11H13BrO3S/c1-14-9-3-7(12)11(15-2)10-6(9)4-16-5-8(10)13/h3,8,13H,4-5H2,1-2H3/t8-/m1/s1. The normalized spacial score (nSPS) is 19.1. The Kier molecular flexibility index (Phi) is 3.66. The molecule has 1 atom stereocenters. The zero-order valence-corrected chi connectivity index (χ0v) is 11.5. The molecule has 0 saturated carbocycles. The molecule has 1 N–H and O–H groups in total. The number of fused-ring (bicyclic) bond motifs is 1. The van der Waals surface area contributed by atoms with Gasteiger partial charge in [-0.25, -0.2) is 0 Å². The van der Waals surface area contributed by atoms with E-state index < -0.39 is 6.10 Å². The maximum absolute atomic E-state index is 10.0. The molecular formula is C11H13BrO3S. The Hall–Kier alpha value is -0.390. The number of halogens is 1. The van der Waals surface area contributed by atoms with Crippen LogP contribution in [0.5, 0.6) is 11.5 Å². The van der Waals surface area contributed by atoms with Crippen LogP contribution in [0.2, 0.25) is 0 Å². The summed E-state index contributed by atoms with van der Waals surface area (Å²) in [5.74, 6) is 3.06. The third-order valence-corrected chi connectivity index (χ3v) is 4.25. The third kappa shape index (κ3) is 1.92. The largest absolute Gasteiger partial charge is 0.496 e. The van der Waals surface area contributed by atoms with Gasteiger partial charge in [0.05, 0.1) is 24.8 Å². The average molecular weight is 305 g/mol. The van der Waals surface area contributed by atoms with Crippen molar-refractivity contribution in [2.45, 2.75) is 11.9 Å². The second kappa shape index (κ2) is 4.85. The summed E-state index contributed by atoms with van der Waals surface area (Å²) < 4.78 is 11.5. The molecule has 1 heterocycles. The zero-order valence-electron chi connectivity index (χ0n) is 9.12. The number of methoxy groups -OCH3 is 2. The molecular weight excluding hydrogens is 292 g/mol. The van der Waals surface area contributed by atoms with Gasteiger partial charge in [-0.3, -0.25) is 0 Å². The molecule has 0 fully saturated rings. The molecule has 0 aliphatic carbocycles. The van der Waals surface area contributed by atoms with Gasteiger partial charge < -0.3 is 14.6 Å². The Balaban J connectivity index is 2.66. The average Bonchev–Trinajstić information content (AvgIpc) is 2.29. The Morgan fingerprint density at radius 2 is 2.19 bits per heavy atom. The number of aliphatic hydroxyl groups is 1. The summed E-state index contributed by atoms with van der Waals surface area (Å²) in [6.45, 7) is 0. The van der Waals surface area contributed by atoms with Gasteiger partial charge in [-0.2, -0.15) is 11.8 Å². The second-order valence-electron chi connectivity index (χ2n) is 3.52. The number of hydrogen-bond donors (Lipinski definition) is 1. The summed E-state index contributed by atoms with van der Waals surface area (Å²) in [6, 6.07) is 1.89. The highest BCUT2D eigenvalue weighted by Crippen LogP contribution is 2.45. The third-order valence-electron chi connectivity index (χ3n) is 2.62. The van der Waals surface area contributed by atoms with E-state index in [0.717, 1.165) is 27.1 Å². The van der Waals surface area contributed by atoms with E-state index in [1.54, 1.807) is 26.0 Å². The fourth-order valence-electron chi connectivity index (χ4n) is 1.91. The molecule has 5 heteroatoms. The lowest BCUT2D eigenvalue weighted by atomic mass is 10.0. The van der Waals surface area contributed by atoms with Gasteiger partial charge in [0.25, 0.3) is 0 Å². The van der Waals surface area contributed by atoms with Crippen molar-refractivity contribution in [3.8, 4) is 11.5 Å². The molecule has 0 unspecified atom stereocenters. The predicted molar refractivity (Wildman–Crippen MR) is 68.4 cm³/mol. The minimum atomic E-state index is -0.491. The number of ether oxygens (including phenoxy) is 2. The number of thioether (sulfide) groups is 1. The van der Waals surface area contributed by atoms with E-state index in [-0.39, 0.29) is 0 Å². The van der Waals surface area contributed by atoms with Crippen molar-refractivity contribution in [3.05, 3.63) is 21.7 Å². The van der Waals surface area contributed by atoms with Crippen LogP contribution in [-0.2, 0) is 5.75 Å². The maximum Gasteiger partial charge on any atom is 0.139 e. The molecule has 3 nitrogen and oxygen atoms in total. The van der Waals surface area contributed by atoms with Crippen LogP contribution in [0.1, 0.15) is 17.2 Å². The Bertz CT molecular complexity index is 409. The van der Waals surface area contributed by atoms with E-state index in [1.807, 2.05) is 6.07 Å². The first-order valence-electron chi connectivity index (χ1n) is 4.88. The van der Waals surface area contributed by atoms with Gasteiger partial charge in [0, 0.05) is 22.6 Å². The quantitative estimate of drug-likeness (QED) is 0.912. The monoisotopic (exact) mass is 304 g/mol. The Morgan fingerprint density at radius 1 is 1.44 bits per heavy atom. The summed E-state index contributed by atoms with van der Waals surface area (Å²) in [5.41, 5.74) is 1.89. The molecule has 0 amide bonds. The minimum Gasteiger partial charge on any atom is -0.496 e. The molecule has 0 saturated heterocycles. The number of benzene rings is 1. The predicted octanol–water partition coefficient (Wildman–Crippen LogP) is 2.75. The van der Waals surface area contributed by atoms with Crippen molar-refractivity contribution >= 4 is 27.7 Å². The minimum absolute atomic E-state index is 0.491. The number of hydrogen-bond acceptors (Lipinski definition) is 4. The number of aliphatic hydroxyl groups excluding tert-OH is 1. The smallest absolute Gasteiger partial charge is 0.139 e. The summed E-state index contributed by atoms with van der Waals surface area (Å²) >= 11 is 5.13. The summed E-state index contributed by atoms with van der Waals surface area (Å²) in [7, 11) is 3.25. The van der Waals surface area contributed by atoms with Gasteiger partial charge in [0.2, 0.25) is 0 Å². The molecule has 0 radical (unpaired) electrons. The Labute approximate surface area is 107 Å². The highest BCUT2D eigenvalue weighted by Gasteiger charge is 2.27.